The van der Waals surface area contributed by atoms with Gasteiger partial charge in [0.2, 0.25) is 10.0 Å². The Hall–Kier alpha value is -2.78. The first-order chi connectivity index (χ1) is 13.5. The number of rotatable bonds is 5. The molecule has 3 aromatic rings. The molecule has 0 spiro atoms. The summed E-state index contributed by atoms with van der Waals surface area (Å²) in [6.07, 6.45) is 3.79. The molecule has 0 unspecified atom stereocenters. The van der Waals surface area contributed by atoms with Gasteiger partial charge in [-0.3, -0.25) is 0 Å². The van der Waals surface area contributed by atoms with Crippen LogP contribution in [0, 0.1) is 5.82 Å². The maximum atomic E-state index is 13.0. The zero-order valence-electron chi connectivity index (χ0n) is 15.1. The van der Waals surface area contributed by atoms with Gasteiger partial charge in [-0.1, -0.05) is 12.1 Å². The van der Waals surface area contributed by atoms with E-state index in [9.17, 15) is 12.8 Å². The van der Waals surface area contributed by atoms with Crippen molar-refractivity contribution < 1.29 is 12.8 Å². The van der Waals surface area contributed by atoms with E-state index in [-0.39, 0.29) is 11.6 Å². The van der Waals surface area contributed by atoms with Crippen molar-refractivity contribution in [1.82, 2.24) is 19.1 Å². The Morgan fingerprint density at radius 1 is 0.857 bits per heavy atom. The second-order valence-corrected chi connectivity index (χ2v) is 8.58. The molecule has 0 atom stereocenters. The lowest BCUT2D eigenvalue weighted by molar-refractivity contribution is 0.383. The minimum atomic E-state index is -3.45. The van der Waals surface area contributed by atoms with E-state index < -0.39 is 10.0 Å². The maximum Gasteiger partial charge on any atom is 0.218 e. The zero-order chi connectivity index (χ0) is 19.6. The number of aromatic nitrogens is 3. The topological polar surface area (TPSA) is 71.3 Å². The number of piperazine rings is 1. The van der Waals surface area contributed by atoms with Gasteiger partial charge in [0, 0.05) is 38.6 Å². The normalized spacial score (nSPS) is 15.7. The van der Waals surface area contributed by atoms with Crippen LogP contribution in [0.2, 0.25) is 0 Å². The van der Waals surface area contributed by atoms with E-state index in [1.807, 2.05) is 46.1 Å². The molecule has 4 rings (SSSR count). The summed E-state index contributed by atoms with van der Waals surface area (Å²) in [4.78, 5) is 2.02. The van der Waals surface area contributed by atoms with Crippen LogP contribution in [-0.2, 0) is 15.8 Å². The summed E-state index contributed by atoms with van der Waals surface area (Å²) in [5, 5.41) is 8.51. The molecule has 1 saturated heterocycles. The Kier molecular flexibility index (Phi) is 5.10. The average Bonchev–Trinajstić information content (AvgIpc) is 3.25. The Balaban J connectivity index is 1.38. The summed E-state index contributed by atoms with van der Waals surface area (Å²) in [6, 6.07) is 13.2. The fourth-order valence-corrected chi connectivity index (χ4v) is 4.71. The molecular formula is C19H20FN5O2S. The highest BCUT2D eigenvalue weighted by atomic mass is 32.2. The van der Waals surface area contributed by atoms with Crippen LogP contribution in [-0.4, -0.2) is 53.7 Å². The van der Waals surface area contributed by atoms with Crippen molar-refractivity contribution in [1.29, 1.82) is 0 Å². The molecular weight excluding hydrogens is 381 g/mol. The zero-order valence-corrected chi connectivity index (χ0v) is 16.0. The molecule has 0 aliphatic carbocycles. The van der Waals surface area contributed by atoms with E-state index in [1.54, 1.807) is 0 Å². The monoisotopic (exact) mass is 401 g/mol. The van der Waals surface area contributed by atoms with Gasteiger partial charge < -0.3 is 9.47 Å². The van der Waals surface area contributed by atoms with E-state index in [0.29, 0.717) is 31.7 Å². The lowest BCUT2D eigenvalue weighted by atomic mass is 10.2. The number of hydrogen-bond acceptors (Lipinski definition) is 5. The number of nitrogens with zero attached hydrogens (tertiary/aromatic N) is 5. The van der Waals surface area contributed by atoms with E-state index in [1.165, 1.54) is 28.6 Å². The first-order valence-corrected chi connectivity index (χ1v) is 10.6. The minimum absolute atomic E-state index is 0.126. The molecule has 7 nitrogen and oxygen atoms in total. The van der Waals surface area contributed by atoms with Gasteiger partial charge in [-0.25, -0.2) is 12.8 Å². The molecule has 1 aliphatic heterocycles. The van der Waals surface area contributed by atoms with E-state index >= 15 is 0 Å². The van der Waals surface area contributed by atoms with Crippen LogP contribution in [0.5, 0.6) is 0 Å². The van der Waals surface area contributed by atoms with Crippen LogP contribution in [0.1, 0.15) is 5.56 Å². The molecule has 1 fully saturated rings. The third-order valence-corrected chi connectivity index (χ3v) is 6.57. The molecule has 1 aliphatic rings. The first kappa shape index (κ1) is 18.6. The molecule has 1 aromatic carbocycles. The third-order valence-electron chi connectivity index (χ3n) is 4.72. The summed E-state index contributed by atoms with van der Waals surface area (Å²) in [5.41, 5.74) is 0.579. The van der Waals surface area contributed by atoms with Crippen molar-refractivity contribution in [3.8, 4) is 5.82 Å². The number of benzene rings is 1. The summed E-state index contributed by atoms with van der Waals surface area (Å²) >= 11 is 0. The number of anilines is 1. The van der Waals surface area contributed by atoms with Crippen LogP contribution in [0.15, 0.2) is 60.9 Å². The molecule has 0 amide bonds. The summed E-state index contributed by atoms with van der Waals surface area (Å²) < 4.78 is 41.6. The van der Waals surface area contributed by atoms with Gasteiger partial charge in [-0.05, 0) is 42.0 Å². The predicted molar refractivity (Wildman–Crippen MR) is 104 cm³/mol. The third kappa shape index (κ3) is 4.05. The van der Waals surface area contributed by atoms with Crippen molar-refractivity contribution in [2.75, 3.05) is 31.1 Å². The van der Waals surface area contributed by atoms with Crippen LogP contribution in [0.3, 0.4) is 0 Å². The molecule has 146 valence electrons. The maximum absolute atomic E-state index is 13.0. The summed E-state index contributed by atoms with van der Waals surface area (Å²) in [5.74, 6) is 0.956. The molecule has 0 radical (unpaired) electrons. The van der Waals surface area contributed by atoms with Crippen LogP contribution in [0.4, 0.5) is 10.2 Å². The average molecular weight is 401 g/mol. The number of sulfonamides is 1. The lowest BCUT2D eigenvalue weighted by Crippen LogP contribution is -2.49. The largest absolute Gasteiger partial charge is 0.352 e. The van der Waals surface area contributed by atoms with E-state index in [0.717, 1.165) is 11.6 Å². The highest BCUT2D eigenvalue weighted by molar-refractivity contribution is 7.88. The van der Waals surface area contributed by atoms with Gasteiger partial charge in [0.1, 0.15) is 5.82 Å². The van der Waals surface area contributed by atoms with Crippen molar-refractivity contribution >= 4 is 15.8 Å². The van der Waals surface area contributed by atoms with Gasteiger partial charge in [0.25, 0.3) is 0 Å². The predicted octanol–water partition coefficient (Wildman–Crippen LogP) is 2.06. The molecule has 0 saturated carbocycles. The SMILES string of the molecule is O=S(=O)(Cc1ccc(F)cc1)N1CCN(c2ccc(-n3cccc3)nn2)CC1. The Labute approximate surface area is 163 Å². The molecule has 2 aromatic heterocycles. The quantitative estimate of drug-likeness (QED) is 0.655. The first-order valence-electron chi connectivity index (χ1n) is 8.95. The van der Waals surface area contributed by atoms with Crippen LogP contribution < -0.4 is 4.90 Å². The second kappa shape index (κ2) is 7.69. The van der Waals surface area contributed by atoms with E-state index in [2.05, 4.69) is 10.2 Å². The number of hydrogen-bond donors (Lipinski definition) is 0. The van der Waals surface area contributed by atoms with E-state index in [4.69, 9.17) is 0 Å². The summed E-state index contributed by atoms with van der Waals surface area (Å²) in [7, 11) is -3.45. The smallest absolute Gasteiger partial charge is 0.218 e. The molecule has 28 heavy (non-hydrogen) atoms. The molecule has 0 N–H and O–H groups in total. The fraction of sp³-hybridized carbons (Fsp3) is 0.263. The fourth-order valence-electron chi connectivity index (χ4n) is 3.19. The molecule has 0 bridgehead atoms. The van der Waals surface area contributed by atoms with Gasteiger partial charge >= 0.3 is 0 Å². The van der Waals surface area contributed by atoms with Crippen molar-refractivity contribution in [2.45, 2.75) is 5.75 Å². The van der Waals surface area contributed by atoms with Gasteiger partial charge in [0.05, 0.1) is 5.75 Å². The Bertz CT molecular complexity index is 1010. The highest BCUT2D eigenvalue weighted by Crippen LogP contribution is 2.18. The Morgan fingerprint density at radius 2 is 1.46 bits per heavy atom. The van der Waals surface area contributed by atoms with Gasteiger partial charge in [0.15, 0.2) is 11.6 Å². The lowest BCUT2D eigenvalue weighted by Gasteiger charge is -2.34. The summed E-state index contributed by atoms with van der Waals surface area (Å²) in [6.45, 7) is 1.84. The highest BCUT2D eigenvalue weighted by Gasteiger charge is 2.27. The van der Waals surface area contributed by atoms with Crippen LogP contribution >= 0.6 is 0 Å². The second-order valence-electron chi connectivity index (χ2n) is 6.61. The molecule has 3 heterocycles. The standard InChI is InChI=1S/C19H20FN5O2S/c20-17-5-3-16(4-6-17)15-28(26,27)25-13-11-24(12-14-25)19-8-7-18(21-22-19)23-9-1-2-10-23/h1-10H,11-15H2. The van der Waals surface area contributed by atoms with Crippen molar-refractivity contribution in [2.24, 2.45) is 0 Å². The Morgan fingerprint density at radius 3 is 2.07 bits per heavy atom. The minimum Gasteiger partial charge on any atom is -0.352 e. The van der Waals surface area contributed by atoms with Crippen molar-refractivity contribution in [3.05, 3.63) is 72.3 Å². The van der Waals surface area contributed by atoms with Gasteiger partial charge in [-0.15, -0.1) is 10.2 Å². The molecule has 9 heteroatoms. The number of halogens is 1. The van der Waals surface area contributed by atoms with Crippen molar-refractivity contribution in [3.63, 3.8) is 0 Å². The van der Waals surface area contributed by atoms with Gasteiger partial charge in [-0.2, -0.15) is 4.31 Å². The van der Waals surface area contributed by atoms with Crippen LogP contribution in [0.25, 0.3) is 5.82 Å².